The molecule has 2 amide bonds. The summed E-state index contributed by atoms with van der Waals surface area (Å²) < 4.78 is 5.27. The number of nitrogens with zero attached hydrogens (tertiary/aromatic N) is 2. The summed E-state index contributed by atoms with van der Waals surface area (Å²) in [4.78, 5) is 32.9. The normalized spacial score (nSPS) is 15.6. The number of piperidine rings is 1. The number of amides is 2. The lowest BCUT2D eigenvalue weighted by Crippen LogP contribution is -2.42. The fourth-order valence-corrected chi connectivity index (χ4v) is 5.05. The van der Waals surface area contributed by atoms with Crippen molar-refractivity contribution in [1.29, 1.82) is 0 Å². The second-order valence-electron chi connectivity index (χ2n) is 8.02. The van der Waals surface area contributed by atoms with Gasteiger partial charge in [0.1, 0.15) is 15.6 Å². The zero-order chi connectivity index (χ0) is 21.8. The molecular weight excluding hydrogens is 410 g/mol. The average molecular weight is 438 g/mol. The molecule has 1 aliphatic rings. The van der Waals surface area contributed by atoms with E-state index >= 15 is 0 Å². The lowest BCUT2D eigenvalue weighted by atomic mass is 9.85. The minimum absolute atomic E-state index is 0.0342. The van der Waals surface area contributed by atoms with Gasteiger partial charge in [-0.25, -0.2) is 4.98 Å². The predicted molar refractivity (Wildman–Crippen MR) is 121 cm³/mol. The van der Waals surface area contributed by atoms with E-state index in [0.29, 0.717) is 24.5 Å². The van der Waals surface area contributed by atoms with E-state index in [1.807, 2.05) is 61.2 Å². The second-order valence-corrected chi connectivity index (χ2v) is 9.01. The Balaban J connectivity index is 1.32. The topological polar surface area (TPSA) is 75.4 Å². The highest BCUT2D eigenvalue weighted by Crippen LogP contribution is 2.31. The number of nitrogens with one attached hydrogen (secondary N) is 1. The molecule has 1 saturated heterocycles. The molecule has 0 aliphatic carbocycles. The van der Waals surface area contributed by atoms with Crippen molar-refractivity contribution in [2.45, 2.75) is 33.2 Å². The Morgan fingerprint density at radius 1 is 1.19 bits per heavy atom. The molecule has 1 atom stereocenters. The van der Waals surface area contributed by atoms with Gasteiger partial charge in [-0.1, -0.05) is 37.3 Å². The van der Waals surface area contributed by atoms with Crippen LogP contribution in [0.4, 0.5) is 0 Å². The average Bonchev–Trinajstić information content (AvgIpc) is 3.47. The number of furan rings is 1. The third-order valence-corrected chi connectivity index (χ3v) is 7.17. The van der Waals surface area contributed by atoms with Crippen molar-refractivity contribution in [2.75, 3.05) is 13.1 Å². The van der Waals surface area contributed by atoms with E-state index in [0.717, 1.165) is 34.9 Å². The highest BCUT2D eigenvalue weighted by molar-refractivity contribution is 7.17. The van der Waals surface area contributed by atoms with Gasteiger partial charge < -0.3 is 14.6 Å². The van der Waals surface area contributed by atoms with Gasteiger partial charge in [0.25, 0.3) is 5.91 Å². The van der Waals surface area contributed by atoms with Gasteiger partial charge >= 0.3 is 0 Å². The van der Waals surface area contributed by atoms with Crippen LogP contribution in [0.5, 0.6) is 0 Å². The summed E-state index contributed by atoms with van der Waals surface area (Å²) in [5, 5.41) is 3.82. The van der Waals surface area contributed by atoms with E-state index in [-0.39, 0.29) is 23.7 Å². The maximum atomic E-state index is 13.1. The van der Waals surface area contributed by atoms with Gasteiger partial charge in [-0.3, -0.25) is 9.59 Å². The van der Waals surface area contributed by atoms with Crippen molar-refractivity contribution < 1.29 is 14.0 Å². The summed E-state index contributed by atoms with van der Waals surface area (Å²) in [6.07, 6.45) is 3.25. The lowest BCUT2D eigenvalue weighted by Gasteiger charge is -2.34. The number of benzene rings is 1. The number of aromatic nitrogens is 1. The summed E-state index contributed by atoms with van der Waals surface area (Å²) in [6, 6.07) is 13.6. The van der Waals surface area contributed by atoms with E-state index in [9.17, 15) is 9.59 Å². The summed E-state index contributed by atoms with van der Waals surface area (Å²) in [7, 11) is 0. The second kappa shape index (κ2) is 9.47. The molecule has 7 heteroatoms. The van der Waals surface area contributed by atoms with Gasteiger partial charge in [0.2, 0.25) is 5.91 Å². The number of thiazole rings is 1. The molecule has 31 heavy (non-hydrogen) atoms. The fraction of sp³-hybridized carbons (Fsp3) is 0.375. The Bertz CT molecular complexity index is 1020. The molecule has 0 unspecified atom stereocenters. The van der Waals surface area contributed by atoms with Gasteiger partial charge in [0.15, 0.2) is 0 Å². The summed E-state index contributed by atoms with van der Waals surface area (Å²) in [5.41, 5.74) is 1.81. The first-order valence-electron chi connectivity index (χ1n) is 10.6. The zero-order valence-corrected chi connectivity index (χ0v) is 18.7. The van der Waals surface area contributed by atoms with Crippen LogP contribution in [0.25, 0.3) is 10.6 Å². The van der Waals surface area contributed by atoms with Crippen molar-refractivity contribution in [3.05, 3.63) is 65.1 Å². The molecule has 3 aromatic rings. The van der Waals surface area contributed by atoms with E-state index in [1.165, 1.54) is 11.3 Å². The van der Waals surface area contributed by atoms with Crippen LogP contribution < -0.4 is 5.32 Å². The molecular formula is C24H27N3O3S. The minimum Gasteiger partial charge on any atom is -0.467 e. The van der Waals surface area contributed by atoms with E-state index in [1.54, 1.807) is 6.26 Å². The maximum absolute atomic E-state index is 13.1. The van der Waals surface area contributed by atoms with Crippen LogP contribution in [0.1, 0.15) is 40.9 Å². The number of rotatable bonds is 6. The Labute approximate surface area is 186 Å². The zero-order valence-electron chi connectivity index (χ0n) is 17.8. The first kappa shape index (κ1) is 21.3. The number of hydrogen-bond acceptors (Lipinski definition) is 5. The molecule has 6 nitrogen and oxygen atoms in total. The van der Waals surface area contributed by atoms with Crippen LogP contribution in [-0.2, 0) is 11.3 Å². The van der Waals surface area contributed by atoms with Crippen LogP contribution >= 0.6 is 11.3 Å². The van der Waals surface area contributed by atoms with Crippen LogP contribution in [0, 0.1) is 18.8 Å². The Hall–Kier alpha value is -2.93. The summed E-state index contributed by atoms with van der Waals surface area (Å²) >= 11 is 1.46. The number of hydrogen-bond donors (Lipinski definition) is 1. The number of carbonyl (C=O) groups is 2. The molecule has 0 saturated carbocycles. The Morgan fingerprint density at radius 3 is 2.61 bits per heavy atom. The number of aryl methyl sites for hydroxylation is 1. The standard InChI is InChI=1S/C24H27N3O3S/c1-16(22(28)25-15-20-9-6-14-30-20)18-10-12-27(13-11-18)24(29)21-17(2)26-23(31-21)19-7-4-3-5-8-19/h3-9,14,16,18H,10-13,15H2,1-2H3,(H,25,28)/t16-/m0/s1. The molecule has 0 spiro atoms. The fourth-order valence-electron chi connectivity index (χ4n) is 4.01. The van der Waals surface area contributed by atoms with Gasteiger partial charge in [-0.15, -0.1) is 11.3 Å². The molecule has 3 heterocycles. The minimum atomic E-state index is -0.0953. The van der Waals surface area contributed by atoms with Crippen LogP contribution in [0.3, 0.4) is 0 Å². The number of carbonyl (C=O) groups excluding carboxylic acids is 2. The molecule has 0 bridgehead atoms. The first-order chi connectivity index (χ1) is 15.0. The van der Waals surface area contributed by atoms with Crippen molar-refractivity contribution in [1.82, 2.24) is 15.2 Å². The SMILES string of the molecule is Cc1nc(-c2ccccc2)sc1C(=O)N1CCC([C@H](C)C(=O)NCc2ccco2)CC1. The highest BCUT2D eigenvalue weighted by Gasteiger charge is 2.31. The van der Waals surface area contributed by atoms with Crippen molar-refractivity contribution in [3.8, 4) is 10.6 Å². The lowest BCUT2D eigenvalue weighted by molar-refractivity contribution is -0.126. The molecule has 4 rings (SSSR count). The highest BCUT2D eigenvalue weighted by atomic mass is 32.1. The van der Waals surface area contributed by atoms with Crippen LogP contribution in [-0.4, -0.2) is 34.8 Å². The van der Waals surface area contributed by atoms with Crippen molar-refractivity contribution >= 4 is 23.2 Å². The Kier molecular flexibility index (Phi) is 6.51. The van der Waals surface area contributed by atoms with Crippen molar-refractivity contribution in [3.63, 3.8) is 0 Å². The number of likely N-dealkylation sites (tertiary alicyclic amines) is 1. The molecule has 1 fully saturated rings. The molecule has 0 radical (unpaired) electrons. The van der Waals surface area contributed by atoms with Gasteiger partial charge in [-0.05, 0) is 37.8 Å². The van der Waals surface area contributed by atoms with Crippen molar-refractivity contribution in [2.24, 2.45) is 11.8 Å². The van der Waals surface area contributed by atoms with Crippen LogP contribution in [0.2, 0.25) is 0 Å². The van der Waals surface area contributed by atoms with Gasteiger partial charge in [-0.2, -0.15) is 0 Å². The first-order valence-corrected chi connectivity index (χ1v) is 11.5. The monoisotopic (exact) mass is 437 g/mol. The summed E-state index contributed by atoms with van der Waals surface area (Å²) in [6.45, 7) is 5.60. The van der Waals surface area contributed by atoms with Gasteiger partial charge in [0, 0.05) is 24.6 Å². The van der Waals surface area contributed by atoms with E-state index < -0.39 is 0 Å². The quantitative estimate of drug-likeness (QED) is 0.615. The molecule has 162 valence electrons. The smallest absolute Gasteiger partial charge is 0.265 e. The van der Waals surface area contributed by atoms with E-state index in [2.05, 4.69) is 10.3 Å². The Morgan fingerprint density at radius 2 is 1.94 bits per heavy atom. The molecule has 2 aromatic heterocycles. The molecule has 1 aromatic carbocycles. The third kappa shape index (κ3) is 4.88. The van der Waals surface area contributed by atoms with Gasteiger partial charge in [0.05, 0.1) is 18.5 Å². The molecule has 1 N–H and O–H groups in total. The predicted octanol–water partition coefficient (Wildman–Crippen LogP) is 4.52. The molecule has 1 aliphatic heterocycles. The third-order valence-electron chi connectivity index (χ3n) is 5.98. The van der Waals surface area contributed by atoms with E-state index in [4.69, 9.17) is 4.42 Å². The largest absolute Gasteiger partial charge is 0.467 e. The summed E-state index contributed by atoms with van der Waals surface area (Å²) in [5.74, 6) is 0.999. The van der Waals surface area contributed by atoms with Crippen LogP contribution in [0.15, 0.2) is 53.1 Å². The maximum Gasteiger partial charge on any atom is 0.265 e.